The third-order valence-corrected chi connectivity index (χ3v) is 3.17. The Morgan fingerprint density at radius 1 is 1.43 bits per heavy atom. The molecule has 0 bridgehead atoms. The standard InChI is InChI=1S/C10H10O2S2/c1-7(9(11)12)14-10(13)8-5-3-2-4-6-8/h2-7H,1H3,(H,11,12)/t7-/m1/s1. The van der Waals surface area contributed by atoms with Crippen molar-refractivity contribution in [3.8, 4) is 0 Å². The summed E-state index contributed by atoms with van der Waals surface area (Å²) in [5.41, 5.74) is 0.903. The summed E-state index contributed by atoms with van der Waals surface area (Å²) in [6, 6.07) is 9.42. The number of carbonyl (C=O) groups is 1. The smallest absolute Gasteiger partial charge is 0.316 e. The van der Waals surface area contributed by atoms with Crippen LogP contribution in [0.5, 0.6) is 0 Å². The molecule has 0 unspecified atom stereocenters. The second kappa shape index (κ2) is 5.12. The highest BCUT2D eigenvalue weighted by Crippen LogP contribution is 2.18. The van der Waals surface area contributed by atoms with Gasteiger partial charge in [0.2, 0.25) is 0 Å². The summed E-state index contributed by atoms with van der Waals surface area (Å²) in [4.78, 5) is 10.6. The van der Waals surface area contributed by atoms with Crippen LogP contribution in [0, 0.1) is 0 Å². The molecule has 0 aliphatic heterocycles. The van der Waals surface area contributed by atoms with E-state index < -0.39 is 11.2 Å². The molecule has 2 nitrogen and oxygen atoms in total. The number of rotatable bonds is 3. The summed E-state index contributed by atoms with van der Waals surface area (Å²) >= 11 is 6.31. The number of benzene rings is 1. The highest BCUT2D eigenvalue weighted by atomic mass is 32.2. The van der Waals surface area contributed by atoms with Gasteiger partial charge in [-0.1, -0.05) is 54.3 Å². The lowest BCUT2D eigenvalue weighted by Crippen LogP contribution is -2.13. The molecule has 1 rings (SSSR count). The Balaban J connectivity index is 2.64. The summed E-state index contributed by atoms with van der Waals surface area (Å²) in [7, 11) is 0. The van der Waals surface area contributed by atoms with Gasteiger partial charge < -0.3 is 5.11 Å². The third kappa shape index (κ3) is 3.12. The summed E-state index contributed by atoms with van der Waals surface area (Å²) < 4.78 is 0.625. The van der Waals surface area contributed by atoms with E-state index in [2.05, 4.69) is 0 Å². The fraction of sp³-hybridized carbons (Fsp3) is 0.200. The van der Waals surface area contributed by atoms with Gasteiger partial charge in [-0.2, -0.15) is 0 Å². The van der Waals surface area contributed by atoms with Gasteiger partial charge in [0.25, 0.3) is 0 Å². The van der Waals surface area contributed by atoms with Gasteiger partial charge in [-0.05, 0) is 12.5 Å². The van der Waals surface area contributed by atoms with E-state index in [4.69, 9.17) is 17.3 Å². The van der Waals surface area contributed by atoms with E-state index in [9.17, 15) is 4.79 Å². The van der Waals surface area contributed by atoms with Crippen LogP contribution >= 0.6 is 24.0 Å². The first-order valence-corrected chi connectivity index (χ1v) is 5.39. The summed E-state index contributed by atoms with van der Waals surface area (Å²) in [5, 5.41) is 8.20. The van der Waals surface area contributed by atoms with Crippen LogP contribution in [0.2, 0.25) is 0 Å². The van der Waals surface area contributed by atoms with Crippen LogP contribution < -0.4 is 0 Å². The summed E-state index contributed by atoms with van der Waals surface area (Å²) in [5.74, 6) is -0.840. The van der Waals surface area contributed by atoms with Crippen LogP contribution in [0.3, 0.4) is 0 Å². The van der Waals surface area contributed by atoms with Gasteiger partial charge in [-0.25, -0.2) is 0 Å². The number of aliphatic carboxylic acids is 1. The first-order chi connectivity index (χ1) is 6.61. The van der Waals surface area contributed by atoms with E-state index in [1.165, 1.54) is 11.8 Å². The zero-order chi connectivity index (χ0) is 10.6. The van der Waals surface area contributed by atoms with Gasteiger partial charge in [0, 0.05) is 0 Å². The average Bonchev–Trinajstić information content (AvgIpc) is 2.19. The Bertz CT molecular complexity index is 335. The molecule has 1 N–H and O–H groups in total. The molecule has 1 aromatic rings. The minimum atomic E-state index is -0.840. The van der Waals surface area contributed by atoms with Crippen LogP contribution in [-0.2, 0) is 4.79 Å². The maximum atomic E-state index is 10.6. The molecule has 0 aromatic heterocycles. The van der Waals surface area contributed by atoms with Gasteiger partial charge in [-0.15, -0.1) is 0 Å². The number of thiocarbonyl (C=S) groups is 1. The van der Waals surface area contributed by atoms with Crippen molar-refractivity contribution in [3.63, 3.8) is 0 Å². The maximum absolute atomic E-state index is 10.6. The van der Waals surface area contributed by atoms with Crippen molar-refractivity contribution >= 4 is 34.1 Å². The number of carboxylic acids is 1. The first-order valence-electron chi connectivity index (χ1n) is 4.10. The zero-order valence-corrected chi connectivity index (χ0v) is 9.27. The van der Waals surface area contributed by atoms with Crippen LogP contribution in [0.25, 0.3) is 0 Å². The fourth-order valence-corrected chi connectivity index (χ4v) is 2.12. The highest BCUT2D eigenvalue weighted by Gasteiger charge is 2.14. The molecular weight excluding hydrogens is 216 g/mol. The lowest BCUT2D eigenvalue weighted by molar-refractivity contribution is -0.136. The Hall–Kier alpha value is -0.870. The monoisotopic (exact) mass is 226 g/mol. The van der Waals surface area contributed by atoms with Crippen molar-refractivity contribution in [2.45, 2.75) is 12.2 Å². The topological polar surface area (TPSA) is 37.3 Å². The predicted octanol–water partition coefficient (Wildman–Crippen LogP) is 2.57. The Morgan fingerprint density at radius 2 is 2.00 bits per heavy atom. The largest absolute Gasteiger partial charge is 0.480 e. The third-order valence-electron chi connectivity index (χ3n) is 1.64. The van der Waals surface area contributed by atoms with E-state index in [-0.39, 0.29) is 0 Å². The molecule has 14 heavy (non-hydrogen) atoms. The molecule has 4 heteroatoms. The van der Waals surface area contributed by atoms with Gasteiger partial charge in [-0.3, -0.25) is 4.79 Å². The molecule has 0 amide bonds. The van der Waals surface area contributed by atoms with E-state index in [1.54, 1.807) is 6.92 Å². The number of thioether (sulfide) groups is 1. The van der Waals surface area contributed by atoms with Gasteiger partial charge >= 0.3 is 5.97 Å². The molecular formula is C10H10O2S2. The number of hydrogen-bond donors (Lipinski definition) is 1. The zero-order valence-electron chi connectivity index (χ0n) is 7.64. The Kier molecular flexibility index (Phi) is 4.10. The minimum absolute atomic E-state index is 0.497. The molecule has 0 heterocycles. The van der Waals surface area contributed by atoms with Crippen LogP contribution in [0.4, 0.5) is 0 Å². The van der Waals surface area contributed by atoms with Crippen LogP contribution in [0.1, 0.15) is 12.5 Å². The van der Waals surface area contributed by atoms with Crippen molar-refractivity contribution in [3.05, 3.63) is 35.9 Å². The molecule has 74 valence electrons. The molecule has 0 aliphatic carbocycles. The molecule has 0 radical (unpaired) electrons. The molecule has 0 saturated heterocycles. The number of carboxylic acid groups (broad SMARTS) is 1. The van der Waals surface area contributed by atoms with Crippen molar-refractivity contribution < 1.29 is 9.90 Å². The molecule has 0 saturated carbocycles. The van der Waals surface area contributed by atoms with E-state index in [1.807, 2.05) is 30.3 Å². The number of hydrogen-bond acceptors (Lipinski definition) is 3. The lowest BCUT2D eigenvalue weighted by Gasteiger charge is -2.06. The molecule has 1 aromatic carbocycles. The van der Waals surface area contributed by atoms with Crippen molar-refractivity contribution in [2.24, 2.45) is 0 Å². The first kappa shape index (κ1) is 11.2. The van der Waals surface area contributed by atoms with E-state index in [0.717, 1.165) is 5.56 Å². The van der Waals surface area contributed by atoms with Gasteiger partial charge in [0.05, 0.1) is 4.20 Å². The van der Waals surface area contributed by atoms with Crippen molar-refractivity contribution in [2.75, 3.05) is 0 Å². The molecule has 0 aliphatic rings. The van der Waals surface area contributed by atoms with E-state index in [0.29, 0.717) is 4.20 Å². The minimum Gasteiger partial charge on any atom is -0.480 e. The Labute approximate surface area is 92.3 Å². The van der Waals surface area contributed by atoms with Gasteiger partial charge in [0.1, 0.15) is 5.25 Å². The summed E-state index contributed by atoms with van der Waals surface area (Å²) in [6.07, 6.45) is 0. The summed E-state index contributed by atoms with van der Waals surface area (Å²) in [6.45, 7) is 1.63. The molecule has 0 spiro atoms. The molecule has 0 fully saturated rings. The van der Waals surface area contributed by atoms with Crippen molar-refractivity contribution in [1.82, 2.24) is 0 Å². The quantitative estimate of drug-likeness (QED) is 0.804. The van der Waals surface area contributed by atoms with Crippen LogP contribution in [-0.4, -0.2) is 20.5 Å². The van der Waals surface area contributed by atoms with Crippen molar-refractivity contribution in [1.29, 1.82) is 0 Å². The second-order valence-electron chi connectivity index (χ2n) is 2.75. The Morgan fingerprint density at radius 3 is 2.50 bits per heavy atom. The SMILES string of the molecule is C[C@@H](SC(=S)c1ccccc1)C(=O)O. The predicted molar refractivity (Wildman–Crippen MR) is 62.8 cm³/mol. The molecule has 1 atom stereocenters. The fourth-order valence-electron chi connectivity index (χ4n) is 0.853. The average molecular weight is 226 g/mol. The maximum Gasteiger partial charge on any atom is 0.316 e. The van der Waals surface area contributed by atoms with Crippen LogP contribution in [0.15, 0.2) is 30.3 Å². The van der Waals surface area contributed by atoms with Gasteiger partial charge in [0.15, 0.2) is 0 Å². The normalized spacial score (nSPS) is 12.1. The second-order valence-corrected chi connectivity index (χ2v) is 4.77. The highest BCUT2D eigenvalue weighted by molar-refractivity contribution is 8.24. The lowest BCUT2D eigenvalue weighted by atomic mass is 10.2. The van der Waals surface area contributed by atoms with E-state index >= 15 is 0 Å².